The van der Waals surface area contributed by atoms with Crippen molar-refractivity contribution in [2.24, 2.45) is 5.10 Å². The summed E-state index contributed by atoms with van der Waals surface area (Å²) in [6, 6.07) is 9.48. The molecule has 0 aliphatic rings. The largest absolute Gasteiger partial charge is 0.465 e. The Labute approximate surface area is 177 Å². The average molecular weight is 430 g/mol. The van der Waals surface area contributed by atoms with Crippen LogP contribution < -0.4 is 5.43 Å². The third-order valence-electron chi connectivity index (χ3n) is 4.90. The number of nitrogens with one attached hydrogen (secondary N) is 1. The molecule has 0 spiro atoms. The molecule has 1 aromatic carbocycles. The number of nitrogens with zero attached hydrogens (tertiary/aromatic N) is 3. The summed E-state index contributed by atoms with van der Waals surface area (Å²) in [7, 11) is 1.34. The van der Waals surface area contributed by atoms with Gasteiger partial charge in [-0.05, 0) is 56.7 Å². The molecule has 0 radical (unpaired) electrons. The van der Waals surface area contributed by atoms with Gasteiger partial charge in [-0.3, -0.25) is 5.43 Å². The topological polar surface area (TPSA) is 68.5 Å². The number of ether oxygens (including phenoxy) is 1. The van der Waals surface area contributed by atoms with E-state index >= 15 is 0 Å². The Morgan fingerprint density at radius 3 is 2.55 bits per heavy atom. The quantitative estimate of drug-likeness (QED) is 0.349. The van der Waals surface area contributed by atoms with Crippen LogP contribution in [-0.2, 0) is 10.9 Å². The molecule has 0 bridgehead atoms. The number of benzene rings is 1. The highest BCUT2D eigenvalue weighted by atomic mass is 19.4. The maximum atomic E-state index is 12.6. The molecular weight excluding hydrogens is 409 g/mol. The lowest BCUT2D eigenvalue weighted by atomic mass is 10.1. The minimum atomic E-state index is -4.43. The second-order valence-electron chi connectivity index (χ2n) is 6.90. The minimum Gasteiger partial charge on any atom is -0.465 e. The van der Waals surface area contributed by atoms with Crippen molar-refractivity contribution in [1.82, 2.24) is 9.55 Å². The first kappa shape index (κ1) is 22.1. The van der Waals surface area contributed by atoms with Gasteiger partial charge < -0.3 is 9.30 Å². The highest BCUT2D eigenvalue weighted by Gasteiger charge is 2.30. The molecule has 31 heavy (non-hydrogen) atoms. The Hall–Kier alpha value is -3.62. The number of hydrogen-bond acceptors (Lipinski definition) is 5. The maximum absolute atomic E-state index is 12.6. The van der Waals surface area contributed by atoms with Crippen molar-refractivity contribution in [3.63, 3.8) is 0 Å². The van der Waals surface area contributed by atoms with Gasteiger partial charge in [0.2, 0.25) is 0 Å². The fraction of sp³-hybridized carbons (Fsp3) is 0.227. The first-order chi connectivity index (χ1) is 14.6. The van der Waals surface area contributed by atoms with Crippen LogP contribution in [0.25, 0.3) is 5.69 Å². The number of hydrogen-bond donors (Lipinski definition) is 1. The van der Waals surface area contributed by atoms with Crippen LogP contribution >= 0.6 is 0 Å². The van der Waals surface area contributed by atoms with Crippen molar-refractivity contribution >= 4 is 18.0 Å². The predicted octanol–water partition coefficient (Wildman–Crippen LogP) is 5.05. The van der Waals surface area contributed by atoms with Gasteiger partial charge in [0.1, 0.15) is 5.82 Å². The van der Waals surface area contributed by atoms with E-state index in [0.717, 1.165) is 40.5 Å². The van der Waals surface area contributed by atoms with E-state index in [-0.39, 0.29) is 5.82 Å². The zero-order chi connectivity index (χ0) is 22.8. The van der Waals surface area contributed by atoms with E-state index in [4.69, 9.17) is 4.74 Å². The van der Waals surface area contributed by atoms with Crippen molar-refractivity contribution in [2.45, 2.75) is 26.9 Å². The van der Waals surface area contributed by atoms with E-state index in [1.54, 1.807) is 18.3 Å². The maximum Gasteiger partial charge on any atom is 0.417 e. The van der Waals surface area contributed by atoms with E-state index in [1.807, 2.05) is 37.5 Å². The summed E-state index contributed by atoms with van der Waals surface area (Å²) in [5.74, 6) is -0.212. The van der Waals surface area contributed by atoms with Crippen LogP contribution in [0.4, 0.5) is 19.0 Å². The lowest BCUT2D eigenvalue weighted by Gasteiger charge is -2.15. The summed E-state index contributed by atoms with van der Waals surface area (Å²) in [4.78, 5) is 15.7. The van der Waals surface area contributed by atoms with Gasteiger partial charge in [0, 0.05) is 28.8 Å². The lowest BCUT2D eigenvalue weighted by Crippen LogP contribution is -2.08. The summed E-state index contributed by atoms with van der Waals surface area (Å²) in [5.41, 5.74) is 6.53. The SMILES string of the molecule is COC(=O)c1cccc(-n2c(C)cc(/C=N\Nc3ccc(C(F)(F)F)cn3)c2C)c1C. The smallest absolute Gasteiger partial charge is 0.417 e. The third kappa shape index (κ3) is 4.60. The monoisotopic (exact) mass is 430 g/mol. The summed E-state index contributed by atoms with van der Waals surface area (Å²) >= 11 is 0. The van der Waals surface area contributed by atoms with Gasteiger partial charge in [0.25, 0.3) is 0 Å². The van der Waals surface area contributed by atoms with Crippen LogP contribution in [-0.4, -0.2) is 28.8 Å². The number of rotatable bonds is 5. The highest BCUT2D eigenvalue weighted by Crippen LogP contribution is 2.29. The molecule has 0 saturated carbocycles. The molecule has 0 unspecified atom stereocenters. The van der Waals surface area contributed by atoms with Gasteiger partial charge in [-0.1, -0.05) is 6.07 Å². The number of methoxy groups -OCH3 is 1. The summed E-state index contributed by atoms with van der Waals surface area (Å²) in [6.45, 7) is 5.69. The van der Waals surface area contributed by atoms with E-state index in [2.05, 4.69) is 15.5 Å². The number of carbonyl (C=O) groups excluding carboxylic acids is 1. The molecule has 0 fully saturated rings. The molecule has 6 nitrogen and oxygen atoms in total. The fourth-order valence-corrected chi connectivity index (χ4v) is 3.28. The second-order valence-corrected chi connectivity index (χ2v) is 6.90. The summed E-state index contributed by atoms with van der Waals surface area (Å²) in [5, 5.41) is 4.09. The zero-order valence-corrected chi connectivity index (χ0v) is 17.4. The number of halogens is 3. The molecule has 0 aliphatic heterocycles. The summed E-state index contributed by atoms with van der Waals surface area (Å²) < 4.78 is 44.7. The molecule has 162 valence electrons. The number of aryl methyl sites for hydroxylation is 1. The molecule has 1 N–H and O–H groups in total. The molecule has 3 rings (SSSR count). The highest BCUT2D eigenvalue weighted by molar-refractivity contribution is 5.92. The van der Waals surface area contributed by atoms with Crippen LogP contribution in [0.2, 0.25) is 0 Å². The van der Waals surface area contributed by atoms with Crippen LogP contribution in [0.3, 0.4) is 0 Å². The number of esters is 1. The number of anilines is 1. The van der Waals surface area contributed by atoms with Gasteiger partial charge in [-0.2, -0.15) is 18.3 Å². The van der Waals surface area contributed by atoms with Crippen LogP contribution in [0.1, 0.15) is 38.4 Å². The van der Waals surface area contributed by atoms with Gasteiger partial charge in [0.05, 0.1) is 24.5 Å². The molecule has 0 atom stereocenters. The number of pyridine rings is 1. The molecule has 0 amide bonds. The van der Waals surface area contributed by atoms with E-state index in [9.17, 15) is 18.0 Å². The minimum absolute atomic E-state index is 0.194. The number of hydrazone groups is 1. The van der Waals surface area contributed by atoms with Gasteiger partial charge in [-0.25, -0.2) is 9.78 Å². The van der Waals surface area contributed by atoms with Gasteiger partial charge in [-0.15, -0.1) is 0 Å². The average Bonchev–Trinajstić information content (AvgIpc) is 3.00. The first-order valence-corrected chi connectivity index (χ1v) is 9.33. The Morgan fingerprint density at radius 1 is 1.19 bits per heavy atom. The number of carbonyl (C=O) groups is 1. The number of aromatic nitrogens is 2. The molecule has 0 aliphatic carbocycles. The Balaban J connectivity index is 1.85. The van der Waals surface area contributed by atoms with E-state index in [1.165, 1.54) is 13.2 Å². The van der Waals surface area contributed by atoms with E-state index in [0.29, 0.717) is 5.56 Å². The second kappa shape index (κ2) is 8.63. The molecule has 0 saturated heterocycles. The van der Waals surface area contributed by atoms with Crippen LogP contribution in [0, 0.1) is 20.8 Å². The van der Waals surface area contributed by atoms with Gasteiger partial charge >= 0.3 is 12.1 Å². The molecule has 2 heterocycles. The fourth-order valence-electron chi connectivity index (χ4n) is 3.28. The normalized spacial score (nSPS) is 11.7. The molecule has 9 heteroatoms. The lowest BCUT2D eigenvalue weighted by molar-refractivity contribution is -0.137. The van der Waals surface area contributed by atoms with Crippen LogP contribution in [0.5, 0.6) is 0 Å². The van der Waals surface area contributed by atoms with Crippen molar-refractivity contribution < 1.29 is 22.7 Å². The van der Waals surface area contributed by atoms with Gasteiger partial charge in [0.15, 0.2) is 0 Å². The number of alkyl halides is 3. The van der Waals surface area contributed by atoms with Crippen molar-refractivity contribution in [1.29, 1.82) is 0 Å². The standard InChI is InChI=1S/C22H21F3N4O2/c1-13-10-16(11-27-28-20-9-8-17(12-26-20)22(23,24)25)15(3)29(13)19-7-5-6-18(14(19)2)21(30)31-4/h5-12H,1-4H3,(H,26,28)/b27-11-. The predicted molar refractivity (Wildman–Crippen MR) is 112 cm³/mol. The Bertz CT molecular complexity index is 1130. The van der Waals surface area contributed by atoms with E-state index < -0.39 is 17.7 Å². The Morgan fingerprint density at radius 2 is 1.94 bits per heavy atom. The third-order valence-corrected chi connectivity index (χ3v) is 4.90. The van der Waals surface area contributed by atoms with Crippen molar-refractivity contribution in [3.8, 4) is 5.69 Å². The molecular formula is C22H21F3N4O2. The van der Waals surface area contributed by atoms with Crippen LogP contribution in [0.15, 0.2) is 47.7 Å². The first-order valence-electron chi connectivity index (χ1n) is 9.33. The Kier molecular flexibility index (Phi) is 6.14. The van der Waals surface area contributed by atoms with Crippen molar-refractivity contribution in [2.75, 3.05) is 12.5 Å². The molecule has 3 aromatic rings. The zero-order valence-electron chi connectivity index (χ0n) is 17.4. The molecule has 2 aromatic heterocycles. The van der Waals surface area contributed by atoms with Crippen molar-refractivity contribution in [3.05, 3.63) is 76.2 Å². The summed E-state index contributed by atoms with van der Waals surface area (Å²) in [6.07, 6.45) is -2.12.